The van der Waals surface area contributed by atoms with Crippen LogP contribution in [0.1, 0.15) is 31.2 Å². The maximum atomic E-state index is 13.1. The van der Waals surface area contributed by atoms with E-state index in [0.717, 1.165) is 57.6 Å². The first-order valence-electron chi connectivity index (χ1n) is 8.48. The summed E-state index contributed by atoms with van der Waals surface area (Å²) in [6.07, 6.45) is 4.22. The van der Waals surface area contributed by atoms with Crippen LogP contribution in [-0.2, 0) is 10.2 Å². The summed E-state index contributed by atoms with van der Waals surface area (Å²) in [6, 6.07) is 6.72. The van der Waals surface area contributed by atoms with E-state index in [2.05, 4.69) is 5.32 Å². The molecule has 4 nitrogen and oxygen atoms in total. The number of hydrogen-bond acceptors (Lipinski definition) is 2. The first-order valence-corrected chi connectivity index (χ1v) is 8.48. The van der Waals surface area contributed by atoms with Crippen LogP contribution in [0, 0.1) is 11.2 Å². The Bertz CT molecular complexity index is 592. The number of rotatable bonds is 3. The molecule has 2 heterocycles. The van der Waals surface area contributed by atoms with E-state index in [4.69, 9.17) is 4.74 Å². The van der Waals surface area contributed by atoms with E-state index in [0.29, 0.717) is 6.54 Å². The molecule has 2 saturated heterocycles. The lowest BCUT2D eigenvalue weighted by Crippen LogP contribution is -2.42. The highest BCUT2D eigenvalue weighted by Gasteiger charge is 2.46. The molecular weight excluding hydrogens is 295 g/mol. The first-order chi connectivity index (χ1) is 11.1. The van der Waals surface area contributed by atoms with Crippen molar-refractivity contribution in [3.63, 3.8) is 0 Å². The molecule has 5 heteroatoms. The van der Waals surface area contributed by atoms with E-state index in [9.17, 15) is 9.18 Å². The van der Waals surface area contributed by atoms with Gasteiger partial charge in [0.1, 0.15) is 5.82 Å². The minimum absolute atomic E-state index is 0.0112. The summed E-state index contributed by atoms with van der Waals surface area (Å²) < 4.78 is 18.6. The van der Waals surface area contributed by atoms with E-state index in [-0.39, 0.29) is 22.7 Å². The van der Waals surface area contributed by atoms with E-state index in [1.807, 2.05) is 17.0 Å². The molecule has 0 unspecified atom stereocenters. The van der Waals surface area contributed by atoms with Gasteiger partial charge in [0.15, 0.2) is 0 Å². The summed E-state index contributed by atoms with van der Waals surface area (Å²) in [5.74, 6) is -0.213. The van der Waals surface area contributed by atoms with E-state index in [1.54, 1.807) is 0 Å². The zero-order valence-corrected chi connectivity index (χ0v) is 13.3. The van der Waals surface area contributed by atoms with Gasteiger partial charge in [-0.2, -0.15) is 0 Å². The zero-order valence-electron chi connectivity index (χ0n) is 13.3. The minimum atomic E-state index is -0.213. The molecule has 3 aliphatic rings. The third kappa shape index (κ3) is 2.82. The highest BCUT2D eigenvalue weighted by molar-refractivity contribution is 5.74. The fraction of sp³-hybridized carbons (Fsp3) is 0.611. The molecular formula is C18H23FN2O2. The molecule has 1 atom stereocenters. The highest BCUT2D eigenvalue weighted by atomic mass is 19.1. The van der Waals surface area contributed by atoms with Crippen LogP contribution in [0.4, 0.5) is 9.18 Å². The predicted molar refractivity (Wildman–Crippen MR) is 84.8 cm³/mol. The summed E-state index contributed by atoms with van der Waals surface area (Å²) in [5, 5.41) is 3.10. The molecule has 1 saturated carbocycles. The number of carbonyl (C=O) groups is 1. The Morgan fingerprint density at radius 2 is 2.00 bits per heavy atom. The Kier molecular flexibility index (Phi) is 3.56. The molecule has 0 bridgehead atoms. The SMILES string of the molecule is O=C(NCC1(c2ccc(F)cc2)CC1)N1CC[C@]2(CCOC2)C1. The van der Waals surface area contributed by atoms with Crippen molar-refractivity contribution in [1.29, 1.82) is 0 Å². The number of carbonyl (C=O) groups excluding carboxylic acids is 1. The number of amides is 2. The molecule has 1 spiro atoms. The Balaban J connectivity index is 1.34. The van der Waals surface area contributed by atoms with Crippen LogP contribution >= 0.6 is 0 Å². The average Bonchev–Trinajstić information content (AvgIpc) is 3.03. The maximum absolute atomic E-state index is 13.1. The van der Waals surface area contributed by atoms with Gasteiger partial charge >= 0.3 is 6.03 Å². The molecule has 3 fully saturated rings. The second-order valence-corrected chi connectivity index (χ2v) is 7.42. The maximum Gasteiger partial charge on any atom is 0.317 e. The third-order valence-electron chi connectivity index (χ3n) is 5.80. The van der Waals surface area contributed by atoms with Gasteiger partial charge in [0.05, 0.1) is 6.61 Å². The van der Waals surface area contributed by atoms with E-state index < -0.39 is 0 Å². The van der Waals surface area contributed by atoms with Crippen LogP contribution in [-0.4, -0.2) is 43.8 Å². The molecule has 0 radical (unpaired) electrons. The van der Waals surface area contributed by atoms with Crippen molar-refractivity contribution in [2.24, 2.45) is 5.41 Å². The molecule has 0 aromatic heterocycles. The normalized spacial score (nSPS) is 28.3. The summed E-state index contributed by atoms with van der Waals surface area (Å²) in [5.41, 5.74) is 1.34. The van der Waals surface area contributed by atoms with Gasteiger partial charge < -0.3 is 15.0 Å². The van der Waals surface area contributed by atoms with E-state index in [1.165, 1.54) is 12.1 Å². The van der Waals surface area contributed by atoms with Crippen molar-refractivity contribution < 1.29 is 13.9 Å². The zero-order chi connectivity index (χ0) is 15.9. The number of ether oxygens (including phenoxy) is 1. The second kappa shape index (κ2) is 5.48. The number of nitrogens with zero attached hydrogens (tertiary/aromatic N) is 1. The fourth-order valence-corrected chi connectivity index (χ4v) is 3.96. The predicted octanol–water partition coefficient (Wildman–Crippen LogP) is 2.68. The molecule has 124 valence electrons. The van der Waals surface area contributed by atoms with Gasteiger partial charge in [0.2, 0.25) is 0 Å². The molecule has 1 N–H and O–H groups in total. The van der Waals surface area contributed by atoms with Gasteiger partial charge in [-0.3, -0.25) is 0 Å². The van der Waals surface area contributed by atoms with E-state index >= 15 is 0 Å². The van der Waals surface area contributed by atoms with Gasteiger partial charge in [0, 0.05) is 37.1 Å². The van der Waals surface area contributed by atoms with Crippen LogP contribution in [0.2, 0.25) is 0 Å². The molecule has 1 aliphatic carbocycles. The van der Waals surface area contributed by atoms with Crippen molar-refractivity contribution in [3.05, 3.63) is 35.6 Å². The van der Waals surface area contributed by atoms with Crippen LogP contribution in [0.5, 0.6) is 0 Å². The summed E-state index contributed by atoms with van der Waals surface area (Å²) in [4.78, 5) is 14.4. The lowest BCUT2D eigenvalue weighted by Gasteiger charge is -2.24. The van der Waals surface area contributed by atoms with Crippen molar-refractivity contribution in [3.8, 4) is 0 Å². The number of nitrogens with one attached hydrogen (secondary N) is 1. The number of likely N-dealkylation sites (tertiary alicyclic amines) is 1. The smallest absolute Gasteiger partial charge is 0.317 e. The highest BCUT2D eigenvalue weighted by Crippen LogP contribution is 2.47. The van der Waals surface area contributed by atoms with Crippen molar-refractivity contribution >= 4 is 6.03 Å². The van der Waals surface area contributed by atoms with Gasteiger partial charge in [-0.1, -0.05) is 12.1 Å². The Labute approximate surface area is 136 Å². The molecule has 1 aromatic carbocycles. The molecule has 1 aromatic rings. The molecule has 4 rings (SSSR count). The summed E-state index contributed by atoms with van der Waals surface area (Å²) in [7, 11) is 0. The minimum Gasteiger partial charge on any atom is -0.381 e. The quantitative estimate of drug-likeness (QED) is 0.931. The third-order valence-corrected chi connectivity index (χ3v) is 5.80. The van der Waals surface area contributed by atoms with Crippen LogP contribution < -0.4 is 5.32 Å². The summed E-state index contributed by atoms with van der Waals surface area (Å²) in [6.45, 7) is 3.87. The van der Waals surface area contributed by atoms with Crippen molar-refractivity contribution in [2.45, 2.75) is 31.1 Å². The van der Waals surface area contributed by atoms with Crippen molar-refractivity contribution in [2.75, 3.05) is 32.8 Å². The van der Waals surface area contributed by atoms with Gasteiger partial charge in [-0.15, -0.1) is 0 Å². The fourth-order valence-electron chi connectivity index (χ4n) is 3.96. The molecule has 2 aliphatic heterocycles. The van der Waals surface area contributed by atoms with Crippen LogP contribution in [0.15, 0.2) is 24.3 Å². The number of halogens is 1. The number of hydrogen-bond donors (Lipinski definition) is 1. The Hall–Kier alpha value is -1.62. The van der Waals surface area contributed by atoms with Crippen LogP contribution in [0.3, 0.4) is 0 Å². The average molecular weight is 318 g/mol. The lowest BCUT2D eigenvalue weighted by molar-refractivity contribution is 0.152. The van der Waals surface area contributed by atoms with Gasteiger partial charge in [0.25, 0.3) is 0 Å². The molecule has 23 heavy (non-hydrogen) atoms. The monoisotopic (exact) mass is 318 g/mol. The second-order valence-electron chi connectivity index (χ2n) is 7.42. The Morgan fingerprint density at radius 1 is 1.22 bits per heavy atom. The molecule has 2 amide bonds. The van der Waals surface area contributed by atoms with Gasteiger partial charge in [-0.05, 0) is 43.4 Å². The van der Waals surface area contributed by atoms with Crippen molar-refractivity contribution in [1.82, 2.24) is 10.2 Å². The van der Waals surface area contributed by atoms with Gasteiger partial charge in [-0.25, -0.2) is 9.18 Å². The first kappa shape index (κ1) is 14.9. The number of benzene rings is 1. The number of urea groups is 1. The Morgan fingerprint density at radius 3 is 2.65 bits per heavy atom. The standard InChI is InChI=1S/C18H23FN2O2/c19-15-3-1-14(2-4-15)18(5-6-18)11-20-16(22)21-9-7-17(12-21)8-10-23-13-17/h1-4H,5-13H2,(H,20,22)/t17-/m0/s1. The summed E-state index contributed by atoms with van der Waals surface area (Å²) >= 11 is 0. The largest absolute Gasteiger partial charge is 0.381 e. The van der Waals surface area contributed by atoms with Crippen LogP contribution in [0.25, 0.3) is 0 Å². The topological polar surface area (TPSA) is 41.6 Å². The lowest BCUT2D eigenvalue weighted by atomic mass is 9.87.